The molecule has 1 unspecified atom stereocenters. The Kier molecular flexibility index (Phi) is 5.45. The number of aliphatic hydroxyl groups is 1. The van der Waals surface area contributed by atoms with E-state index in [0.29, 0.717) is 43.8 Å². The van der Waals surface area contributed by atoms with Crippen molar-refractivity contribution in [3.05, 3.63) is 70.2 Å². The number of carbonyl (C=O) groups excluding carboxylic acids is 2. The first kappa shape index (κ1) is 19.7. The van der Waals surface area contributed by atoms with Crippen molar-refractivity contribution < 1.29 is 14.7 Å². The molecule has 1 N–H and O–H groups in total. The summed E-state index contributed by atoms with van der Waals surface area (Å²) in [5, 5.41) is 11.4. The molecular weight excluding hydrogens is 386 g/mol. The van der Waals surface area contributed by atoms with Gasteiger partial charge in [0.15, 0.2) is 5.78 Å². The molecule has 1 saturated heterocycles. The molecule has 4 rings (SSSR count). The summed E-state index contributed by atoms with van der Waals surface area (Å²) >= 11 is 5.97. The largest absolute Gasteiger partial charge is 0.377 e. The summed E-state index contributed by atoms with van der Waals surface area (Å²) < 4.78 is 0. The highest BCUT2D eigenvalue weighted by Gasteiger charge is 2.35. The van der Waals surface area contributed by atoms with Gasteiger partial charge in [-0.15, -0.1) is 0 Å². The number of benzene rings is 2. The third kappa shape index (κ3) is 4.37. The van der Waals surface area contributed by atoms with Gasteiger partial charge in [-0.25, -0.2) is 0 Å². The van der Waals surface area contributed by atoms with Crippen LogP contribution in [-0.4, -0.2) is 40.4 Å². The number of nitrogens with zero attached hydrogens (tertiary/aromatic N) is 1. The zero-order valence-corrected chi connectivity index (χ0v) is 16.8. The average molecular weight is 408 g/mol. The molecule has 148 valence electrons. The van der Waals surface area contributed by atoms with Crippen LogP contribution in [-0.2, 0) is 4.79 Å². The van der Waals surface area contributed by atoms with Crippen LogP contribution in [0.3, 0.4) is 0 Å². The minimum atomic E-state index is -1.10. The number of rotatable bonds is 2. The van der Waals surface area contributed by atoms with Gasteiger partial charge >= 0.3 is 0 Å². The number of piperidine rings is 1. The molecule has 5 heteroatoms. The lowest BCUT2D eigenvalue weighted by atomic mass is 9.90. The Morgan fingerprint density at radius 3 is 2.69 bits per heavy atom. The second kappa shape index (κ2) is 8.02. The van der Waals surface area contributed by atoms with Crippen molar-refractivity contribution in [2.75, 3.05) is 13.1 Å². The minimum Gasteiger partial charge on any atom is -0.377 e. The third-order valence-corrected chi connectivity index (χ3v) is 6.00. The summed E-state index contributed by atoms with van der Waals surface area (Å²) in [4.78, 5) is 26.7. The zero-order valence-electron chi connectivity index (χ0n) is 16.0. The Morgan fingerprint density at radius 1 is 1.17 bits per heavy atom. The molecule has 1 atom stereocenters. The summed E-state index contributed by atoms with van der Waals surface area (Å²) in [5.41, 5.74) is 1.38. The number of halogens is 1. The topological polar surface area (TPSA) is 57.6 Å². The molecule has 1 aliphatic heterocycles. The summed E-state index contributed by atoms with van der Waals surface area (Å²) in [6, 6.07) is 14.8. The van der Waals surface area contributed by atoms with E-state index in [1.807, 2.05) is 36.4 Å². The lowest BCUT2D eigenvalue weighted by Gasteiger charge is -2.35. The van der Waals surface area contributed by atoms with Gasteiger partial charge in [-0.3, -0.25) is 9.59 Å². The Bertz CT molecular complexity index is 1010. The van der Waals surface area contributed by atoms with Crippen LogP contribution in [0.25, 0.3) is 0 Å². The van der Waals surface area contributed by atoms with Crippen LogP contribution < -0.4 is 0 Å². The number of fused-ring (bicyclic) bond motifs is 1. The Labute approximate surface area is 175 Å². The number of likely N-dealkylation sites (tertiary alicyclic amines) is 1. The van der Waals surface area contributed by atoms with Crippen molar-refractivity contribution in [1.29, 1.82) is 0 Å². The second-order valence-electron chi connectivity index (χ2n) is 7.79. The highest BCUT2D eigenvalue weighted by molar-refractivity contribution is 6.30. The highest BCUT2D eigenvalue weighted by atomic mass is 35.5. The van der Waals surface area contributed by atoms with Gasteiger partial charge in [0, 0.05) is 60.8 Å². The number of hydrogen-bond donors (Lipinski definition) is 1. The summed E-state index contributed by atoms with van der Waals surface area (Å²) in [7, 11) is 0. The molecule has 0 bridgehead atoms. The monoisotopic (exact) mass is 407 g/mol. The first-order valence-electron chi connectivity index (χ1n) is 9.85. The molecule has 0 saturated carbocycles. The number of carbonyl (C=O) groups is 2. The molecule has 1 heterocycles. The van der Waals surface area contributed by atoms with Crippen molar-refractivity contribution in [2.24, 2.45) is 0 Å². The maximum atomic E-state index is 12.8. The first-order valence-corrected chi connectivity index (χ1v) is 10.2. The Balaban J connectivity index is 1.36. The van der Waals surface area contributed by atoms with Crippen LogP contribution in [0.15, 0.2) is 48.5 Å². The standard InChI is InChI=1S/C24H22ClNO3/c25-19-5-3-4-17(14-19)8-9-24(29)10-12-26(13-11-24)23(28)16-18-15-22(27)21-7-2-1-6-20(18)21/h1-7,14,18,29H,10-13,15-16H2. The molecule has 1 aliphatic carbocycles. The smallest absolute Gasteiger partial charge is 0.223 e. The molecule has 0 aromatic heterocycles. The van der Waals surface area contributed by atoms with Crippen LogP contribution in [0.4, 0.5) is 0 Å². The predicted octanol–water partition coefficient (Wildman–Crippen LogP) is 3.81. The summed E-state index contributed by atoms with van der Waals surface area (Å²) in [5.74, 6) is 6.04. The SMILES string of the molecule is O=C1CC(CC(=O)N2CCC(O)(C#Cc3cccc(Cl)c3)CC2)c2ccccc21. The van der Waals surface area contributed by atoms with Crippen LogP contribution in [0.2, 0.25) is 5.02 Å². The van der Waals surface area contributed by atoms with E-state index in [4.69, 9.17) is 11.6 Å². The lowest BCUT2D eigenvalue weighted by molar-refractivity contribution is -0.134. The molecule has 29 heavy (non-hydrogen) atoms. The van der Waals surface area contributed by atoms with Gasteiger partial charge in [0.1, 0.15) is 5.60 Å². The van der Waals surface area contributed by atoms with Gasteiger partial charge in [0.2, 0.25) is 5.91 Å². The van der Waals surface area contributed by atoms with Crippen LogP contribution in [0.1, 0.15) is 53.1 Å². The molecule has 1 fully saturated rings. The van der Waals surface area contributed by atoms with Crippen molar-refractivity contribution in [1.82, 2.24) is 4.90 Å². The van der Waals surface area contributed by atoms with Crippen molar-refractivity contribution in [2.45, 2.75) is 37.2 Å². The van der Waals surface area contributed by atoms with Crippen LogP contribution in [0, 0.1) is 11.8 Å². The minimum absolute atomic E-state index is 0.0318. The average Bonchev–Trinajstić information content (AvgIpc) is 3.03. The van der Waals surface area contributed by atoms with Crippen LogP contribution in [0.5, 0.6) is 0 Å². The Hall–Kier alpha value is -2.61. The van der Waals surface area contributed by atoms with E-state index < -0.39 is 5.60 Å². The number of hydrogen-bond acceptors (Lipinski definition) is 3. The quantitative estimate of drug-likeness (QED) is 0.770. The molecule has 4 nitrogen and oxygen atoms in total. The Morgan fingerprint density at radius 2 is 1.93 bits per heavy atom. The fraction of sp³-hybridized carbons (Fsp3) is 0.333. The van der Waals surface area contributed by atoms with E-state index in [2.05, 4.69) is 11.8 Å². The van der Waals surface area contributed by atoms with Crippen LogP contribution >= 0.6 is 11.6 Å². The van der Waals surface area contributed by atoms with E-state index in [0.717, 1.165) is 16.7 Å². The van der Waals surface area contributed by atoms with Crippen molar-refractivity contribution in [3.8, 4) is 11.8 Å². The van der Waals surface area contributed by atoms with Gasteiger partial charge in [0.05, 0.1) is 0 Å². The van der Waals surface area contributed by atoms with Gasteiger partial charge in [-0.1, -0.05) is 53.8 Å². The maximum absolute atomic E-state index is 12.8. The molecule has 2 aromatic rings. The maximum Gasteiger partial charge on any atom is 0.223 e. The lowest BCUT2D eigenvalue weighted by Crippen LogP contribution is -2.46. The fourth-order valence-electron chi connectivity index (χ4n) is 4.08. The molecular formula is C24H22ClNO3. The molecule has 2 aromatic carbocycles. The number of amides is 1. The summed E-state index contributed by atoms with van der Waals surface area (Å²) in [6.07, 6.45) is 1.54. The van der Waals surface area contributed by atoms with Gasteiger partial charge in [0.25, 0.3) is 0 Å². The van der Waals surface area contributed by atoms with Gasteiger partial charge < -0.3 is 10.0 Å². The predicted molar refractivity (Wildman–Crippen MR) is 112 cm³/mol. The number of ketones is 1. The zero-order chi connectivity index (χ0) is 20.4. The van der Waals surface area contributed by atoms with E-state index in [9.17, 15) is 14.7 Å². The van der Waals surface area contributed by atoms with E-state index in [-0.39, 0.29) is 17.6 Å². The molecule has 2 aliphatic rings. The van der Waals surface area contributed by atoms with E-state index in [1.165, 1.54) is 0 Å². The second-order valence-corrected chi connectivity index (χ2v) is 8.22. The highest BCUT2D eigenvalue weighted by Crippen LogP contribution is 2.36. The normalized spacial score (nSPS) is 20.0. The van der Waals surface area contributed by atoms with Gasteiger partial charge in [-0.2, -0.15) is 0 Å². The molecule has 1 amide bonds. The third-order valence-electron chi connectivity index (χ3n) is 5.76. The number of Topliss-reactive ketones (excluding diaryl/α,β-unsaturated/α-hetero) is 1. The van der Waals surface area contributed by atoms with Crippen molar-refractivity contribution >= 4 is 23.3 Å². The molecule has 0 radical (unpaired) electrons. The fourth-order valence-corrected chi connectivity index (χ4v) is 4.27. The van der Waals surface area contributed by atoms with E-state index >= 15 is 0 Å². The molecule has 0 spiro atoms. The van der Waals surface area contributed by atoms with E-state index in [1.54, 1.807) is 17.0 Å². The van der Waals surface area contributed by atoms with Crippen molar-refractivity contribution in [3.63, 3.8) is 0 Å². The van der Waals surface area contributed by atoms with Gasteiger partial charge in [-0.05, 0) is 23.8 Å². The first-order chi connectivity index (χ1) is 13.9. The summed E-state index contributed by atoms with van der Waals surface area (Å²) in [6.45, 7) is 0.920.